The first kappa shape index (κ1) is 37.6. The van der Waals surface area contributed by atoms with E-state index in [1.165, 1.54) is 61.2 Å². The van der Waals surface area contributed by atoms with E-state index in [1.807, 2.05) is 0 Å². The standard InChI is InChI=1S/C65H41NO/c1-3-15-42(16-4-1)44-27-29-47(30-28-44)50-39-40-57-56-37-33-46-19-7-8-20-51(46)63(56)67-64(57)62(50)66(48-34-31-45(32-35-48)43-17-5-2-6-18-43)49-36-38-55-54-23-11-14-26-60(54)65(61(55)41-49)58-24-12-9-21-52(58)53-22-10-13-25-59(53)65/h1-41H. The molecule has 2 heteroatoms. The van der Waals surface area contributed by atoms with Crippen molar-refractivity contribution in [2.45, 2.75) is 5.41 Å². The first-order valence-electron chi connectivity index (χ1n) is 23.2. The molecule has 0 amide bonds. The highest BCUT2D eigenvalue weighted by Gasteiger charge is 2.51. The summed E-state index contributed by atoms with van der Waals surface area (Å²) in [5.41, 5.74) is 21.6. The largest absolute Gasteiger partial charge is 0.453 e. The minimum absolute atomic E-state index is 0.502. The van der Waals surface area contributed by atoms with Gasteiger partial charge in [-0.1, -0.05) is 212 Å². The third-order valence-corrected chi connectivity index (χ3v) is 14.5. The molecule has 312 valence electrons. The lowest BCUT2D eigenvalue weighted by molar-refractivity contribution is 0.673. The van der Waals surface area contributed by atoms with E-state index in [4.69, 9.17) is 4.42 Å². The smallest absolute Gasteiger partial charge is 0.160 e. The summed E-state index contributed by atoms with van der Waals surface area (Å²) in [6, 6.07) is 91.2. The molecule has 0 bridgehead atoms. The van der Waals surface area contributed by atoms with Crippen molar-refractivity contribution < 1.29 is 4.42 Å². The molecule has 2 nitrogen and oxygen atoms in total. The molecule has 0 fully saturated rings. The predicted molar refractivity (Wildman–Crippen MR) is 279 cm³/mol. The zero-order valence-corrected chi connectivity index (χ0v) is 36.5. The Labute approximate surface area is 389 Å². The number of fused-ring (bicyclic) bond motifs is 15. The maximum atomic E-state index is 7.36. The van der Waals surface area contributed by atoms with Gasteiger partial charge in [0, 0.05) is 33.1 Å². The van der Waals surface area contributed by atoms with Crippen molar-refractivity contribution in [3.05, 3.63) is 271 Å². The van der Waals surface area contributed by atoms with E-state index in [9.17, 15) is 0 Å². The average Bonchev–Trinajstić information content (AvgIpc) is 4.04. The van der Waals surface area contributed by atoms with Crippen LogP contribution in [0.4, 0.5) is 17.1 Å². The first-order chi connectivity index (χ1) is 33.2. The van der Waals surface area contributed by atoms with Crippen LogP contribution in [0.5, 0.6) is 0 Å². The second-order valence-corrected chi connectivity index (χ2v) is 17.9. The minimum Gasteiger partial charge on any atom is -0.453 e. The lowest BCUT2D eigenvalue weighted by Crippen LogP contribution is -2.26. The van der Waals surface area contributed by atoms with Crippen molar-refractivity contribution >= 4 is 49.8 Å². The van der Waals surface area contributed by atoms with E-state index in [2.05, 4.69) is 254 Å². The van der Waals surface area contributed by atoms with Crippen LogP contribution in [0.25, 0.3) is 88.3 Å². The fourth-order valence-corrected chi connectivity index (χ4v) is 11.5. The molecular weight excluding hydrogens is 811 g/mol. The van der Waals surface area contributed by atoms with Gasteiger partial charge in [0.05, 0.1) is 11.1 Å². The van der Waals surface area contributed by atoms with Crippen LogP contribution in [-0.4, -0.2) is 0 Å². The third-order valence-electron chi connectivity index (χ3n) is 14.5. The predicted octanol–water partition coefficient (Wildman–Crippen LogP) is 17.6. The SMILES string of the molecule is c1ccc(-c2ccc(-c3ccc4c(oc5c6ccccc6ccc45)c3N(c3ccc(-c4ccccc4)cc3)c3ccc4c(c3)C3(c5ccccc5-c5ccccc53)c3ccccc3-4)cc2)cc1. The van der Waals surface area contributed by atoms with Gasteiger partial charge in [-0.3, -0.25) is 0 Å². The number of hydrogen-bond acceptors (Lipinski definition) is 2. The van der Waals surface area contributed by atoms with Crippen LogP contribution in [0.2, 0.25) is 0 Å². The van der Waals surface area contributed by atoms with Crippen LogP contribution in [0.1, 0.15) is 22.3 Å². The molecule has 1 aromatic heterocycles. The zero-order chi connectivity index (χ0) is 44.1. The van der Waals surface area contributed by atoms with Gasteiger partial charge in [-0.2, -0.15) is 0 Å². The van der Waals surface area contributed by atoms with E-state index >= 15 is 0 Å². The van der Waals surface area contributed by atoms with Gasteiger partial charge in [0.25, 0.3) is 0 Å². The number of nitrogens with zero attached hydrogens (tertiary/aromatic N) is 1. The number of rotatable bonds is 6. The Morgan fingerprint density at radius 1 is 0.284 bits per heavy atom. The average molecular weight is 852 g/mol. The van der Waals surface area contributed by atoms with E-state index in [0.29, 0.717) is 0 Å². The Bertz CT molecular complexity index is 3840. The summed E-state index contributed by atoms with van der Waals surface area (Å²) < 4.78 is 7.36. The van der Waals surface area contributed by atoms with Gasteiger partial charge in [0.2, 0.25) is 0 Å². The summed E-state index contributed by atoms with van der Waals surface area (Å²) >= 11 is 0. The van der Waals surface area contributed by atoms with E-state index in [1.54, 1.807) is 0 Å². The van der Waals surface area contributed by atoms with Gasteiger partial charge in [-0.05, 0) is 114 Å². The Morgan fingerprint density at radius 3 is 1.36 bits per heavy atom. The molecule has 2 aliphatic carbocycles. The molecule has 0 N–H and O–H groups in total. The van der Waals surface area contributed by atoms with E-state index in [-0.39, 0.29) is 0 Å². The molecule has 0 radical (unpaired) electrons. The molecule has 67 heavy (non-hydrogen) atoms. The van der Waals surface area contributed by atoms with Crippen molar-refractivity contribution in [1.29, 1.82) is 0 Å². The highest BCUT2D eigenvalue weighted by molar-refractivity contribution is 6.19. The molecule has 12 aromatic rings. The molecule has 0 unspecified atom stereocenters. The summed E-state index contributed by atoms with van der Waals surface area (Å²) in [7, 11) is 0. The summed E-state index contributed by atoms with van der Waals surface area (Å²) in [6.07, 6.45) is 0. The number of furan rings is 1. The van der Waals surface area contributed by atoms with Crippen molar-refractivity contribution in [3.63, 3.8) is 0 Å². The minimum atomic E-state index is -0.502. The lowest BCUT2D eigenvalue weighted by Gasteiger charge is -2.32. The molecular formula is C65H41NO. The molecule has 0 saturated carbocycles. The summed E-state index contributed by atoms with van der Waals surface area (Å²) in [6.45, 7) is 0. The monoisotopic (exact) mass is 851 g/mol. The number of hydrogen-bond donors (Lipinski definition) is 0. The molecule has 0 saturated heterocycles. The lowest BCUT2D eigenvalue weighted by atomic mass is 9.70. The highest BCUT2D eigenvalue weighted by atomic mass is 16.3. The molecule has 0 atom stereocenters. The van der Waals surface area contributed by atoms with Crippen LogP contribution in [0.3, 0.4) is 0 Å². The Balaban J connectivity index is 1.07. The van der Waals surface area contributed by atoms with Crippen LogP contribution < -0.4 is 4.90 Å². The van der Waals surface area contributed by atoms with Gasteiger partial charge >= 0.3 is 0 Å². The topological polar surface area (TPSA) is 16.4 Å². The first-order valence-corrected chi connectivity index (χ1v) is 23.2. The van der Waals surface area contributed by atoms with Gasteiger partial charge < -0.3 is 9.32 Å². The third kappa shape index (κ3) is 5.51. The highest BCUT2D eigenvalue weighted by Crippen LogP contribution is 2.63. The van der Waals surface area contributed by atoms with Crippen molar-refractivity contribution in [2.75, 3.05) is 4.90 Å². The van der Waals surface area contributed by atoms with Gasteiger partial charge in [-0.25, -0.2) is 0 Å². The van der Waals surface area contributed by atoms with Crippen molar-refractivity contribution in [3.8, 4) is 55.6 Å². The maximum Gasteiger partial charge on any atom is 0.160 e. The van der Waals surface area contributed by atoms with Gasteiger partial charge in [-0.15, -0.1) is 0 Å². The zero-order valence-electron chi connectivity index (χ0n) is 36.5. The van der Waals surface area contributed by atoms with Crippen LogP contribution in [-0.2, 0) is 5.41 Å². The van der Waals surface area contributed by atoms with Gasteiger partial charge in [0.15, 0.2) is 5.58 Å². The molecule has 14 rings (SSSR count). The summed E-state index contributed by atoms with van der Waals surface area (Å²) in [5, 5.41) is 4.43. The fraction of sp³-hybridized carbons (Fsp3) is 0.0154. The summed E-state index contributed by atoms with van der Waals surface area (Å²) in [5.74, 6) is 0. The van der Waals surface area contributed by atoms with Crippen molar-refractivity contribution in [1.82, 2.24) is 0 Å². The fourth-order valence-electron chi connectivity index (χ4n) is 11.5. The second-order valence-electron chi connectivity index (χ2n) is 17.9. The second kappa shape index (κ2) is 14.7. The Kier molecular flexibility index (Phi) is 8.23. The van der Waals surface area contributed by atoms with E-state index < -0.39 is 5.41 Å². The molecule has 11 aromatic carbocycles. The van der Waals surface area contributed by atoms with E-state index in [0.717, 1.165) is 66.5 Å². The maximum absolute atomic E-state index is 7.36. The number of anilines is 3. The van der Waals surface area contributed by atoms with Crippen LogP contribution >= 0.6 is 0 Å². The quantitative estimate of drug-likeness (QED) is 0.166. The normalized spacial score (nSPS) is 12.9. The van der Waals surface area contributed by atoms with Crippen LogP contribution in [0.15, 0.2) is 253 Å². The molecule has 2 aliphatic rings. The van der Waals surface area contributed by atoms with Crippen LogP contribution in [0, 0.1) is 0 Å². The summed E-state index contributed by atoms with van der Waals surface area (Å²) in [4.78, 5) is 2.46. The Hall–Kier alpha value is -8.72. The molecule has 1 heterocycles. The molecule has 1 spiro atoms. The molecule has 0 aliphatic heterocycles. The van der Waals surface area contributed by atoms with Crippen molar-refractivity contribution in [2.24, 2.45) is 0 Å². The number of benzene rings is 11. The Morgan fingerprint density at radius 2 is 0.731 bits per heavy atom. The van der Waals surface area contributed by atoms with Gasteiger partial charge in [0.1, 0.15) is 5.58 Å².